The fraction of sp³-hybridized carbons (Fsp3) is 0.333. The molecule has 4 nitrogen and oxygen atoms in total. The molecule has 0 aliphatic rings. The molecule has 2 aromatic rings. The van der Waals surface area contributed by atoms with Gasteiger partial charge in [-0.2, -0.15) is 5.10 Å². The van der Waals surface area contributed by atoms with Crippen molar-refractivity contribution >= 4 is 27.5 Å². The second-order valence-corrected chi connectivity index (χ2v) is 7.85. The van der Waals surface area contributed by atoms with Crippen molar-refractivity contribution in [3.8, 4) is 5.75 Å². The average Bonchev–Trinajstić information content (AvgIpc) is 2.61. The number of hydrazone groups is 1. The van der Waals surface area contributed by atoms with Crippen LogP contribution in [0.2, 0.25) is 0 Å². The molecular formula is C21H25BrN2O2. The van der Waals surface area contributed by atoms with E-state index in [9.17, 15) is 4.79 Å². The molecule has 2 rings (SSSR count). The number of benzene rings is 2. The van der Waals surface area contributed by atoms with Gasteiger partial charge in [0.05, 0.1) is 10.2 Å². The van der Waals surface area contributed by atoms with Gasteiger partial charge in [-0.25, -0.2) is 5.43 Å². The highest BCUT2D eigenvalue weighted by atomic mass is 79.9. The van der Waals surface area contributed by atoms with E-state index in [1.54, 1.807) is 0 Å². The number of hydrogen-bond donors (Lipinski definition) is 1. The number of nitrogens with zero attached hydrogens (tertiary/aromatic N) is 1. The van der Waals surface area contributed by atoms with Crippen LogP contribution < -0.4 is 10.2 Å². The smallest absolute Gasteiger partial charge is 0.277 e. The van der Waals surface area contributed by atoms with Crippen molar-refractivity contribution in [2.45, 2.75) is 39.5 Å². The van der Waals surface area contributed by atoms with Crippen LogP contribution in [0.1, 0.15) is 45.2 Å². The van der Waals surface area contributed by atoms with Crippen LogP contribution in [0.25, 0.3) is 0 Å². The maximum Gasteiger partial charge on any atom is 0.277 e. The Morgan fingerprint density at radius 2 is 1.85 bits per heavy atom. The molecule has 5 heteroatoms. The Morgan fingerprint density at radius 3 is 2.42 bits per heavy atom. The molecular weight excluding hydrogens is 392 g/mol. The highest BCUT2D eigenvalue weighted by Crippen LogP contribution is 2.31. The van der Waals surface area contributed by atoms with Crippen molar-refractivity contribution in [3.05, 3.63) is 64.1 Å². The number of amides is 1. The lowest BCUT2D eigenvalue weighted by molar-refractivity contribution is -0.123. The van der Waals surface area contributed by atoms with Gasteiger partial charge in [0.15, 0.2) is 6.61 Å². The van der Waals surface area contributed by atoms with Crippen molar-refractivity contribution in [2.24, 2.45) is 5.10 Å². The van der Waals surface area contributed by atoms with Crippen LogP contribution in [0.4, 0.5) is 0 Å². The van der Waals surface area contributed by atoms with E-state index < -0.39 is 0 Å². The molecule has 0 saturated heterocycles. The number of rotatable bonds is 6. The minimum atomic E-state index is -0.293. The summed E-state index contributed by atoms with van der Waals surface area (Å²) in [6.45, 7) is 8.36. The molecule has 0 unspecified atom stereocenters. The van der Waals surface area contributed by atoms with E-state index in [1.807, 2.05) is 55.5 Å². The van der Waals surface area contributed by atoms with Crippen LogP contribution in [-0.4, -0.2) is 18.2 Å². The van der Waals surface area contributed by atoms with Gasteiger partial charge in [-0.15, -0.1) is 0 Å². The minimum absolute atomic E-state index is 0.0567. The minimum Gasteiger partial charge on any atom is -0.483 e. The lowest BCUT2D eigenvalue weighted by Gasteiger charge is -2.20. The Labute approximate surface area is 163 Å². The monoisotopic (exact) mass is 416 g/mol. The molecule has 0 fully saturated rings. The maximum atomic E-state index is 12.0. The number of halogens is 1. The Bertz CT molecular complexity index is 780. The van der Waals surface area contributed by atoms with Gasteiger partial charge in [-0.05, 0) is 51.0 Å². The summed E-state index contributed by atoms with van der Waals surface area (Å²) in [4.78, 5) is 12.0. The van der Waals surface area contributed by atoms with E-state index in [1.165, 1.54) is 5.56 Å². The maximum absolute atomic E-state index is 12.0. The molecule has 0 radical (unpaired) electrons. The zero-order valence-electron chi connectivity index (χ0n) is 15.7. The summed E-state index contributed by atoms with van der Waals surface area (Å²) in [7, 11) is 0. The zero-order chi connectivity index (χ0) is 19.2. The summed E-state index contributed by atoms with van der Waals surface area (Å²) in [5.74, 6) is 0.342. The van der Waals surface area contributed by atoms with Crippen LogP contribution in [0, 0.1) is 0 Å². The van der Waals surface area contributed by atoms with Crippen molar-refractivity contribution in [2.75, 3.05) is 6.61 Å². The number of carbonyl (C=O) groups excluding carboxylic acids is 1. The number of nitrogens with one attached hydrogen (secondary N) is 1. The Kier molecular flexibility index (Phi) is 6.98. The quantitative estimate of drug-likeness (QED) is 0.528. The number of carbonyl (C=O) groups is 1. The van der Waals surface area contributed by atoms with Crippen molar-refractivity contribution in [1.82, 2.24) is 5.43 Å². The molecule has 0 heterocycles. The SMILES string of the molecule is CC/C(=N/NC(=O)COc1ccc(C(C)(C)C)cc1Br)c1ccccc1. The van der Waals surface area contributed by atoms with Crippen LogP contribution in [-0.2, 0) is 10.2 Å². The predicted octanol–water partition coefficient (Wildman–Crippen LogP) is 5.06. The predicted molar refractivity (Wildman–Crippen MR) is 110 cm³/mol. The second-order valence-electron chi connectivity index (χ2n) is 7.00. The molecule has 0 aromatic heterocycles. The van der Waals surface area contributed by atoms with Gasteiger partial charge in [0.1, 0.15) is 5.75 Å². The van der Waals surface area contributed by atoms with Crippen molar-refractivity contribution < 1.29 is 9.53 Å². The molecule has 0 aliphatic carbocycles. The average molecular weight is 417 g/mol. The van der Waals surface area contributed by atoms with Crippen LogP contribution in [0.15, 0.2) is 58.1 Å². The Morgan fingerprint density at radius 1 is 1.15 bits per heavy atom. The first kappa shape index (κ1) is 20.2. The lowest BCUT2D eigenvalue weighted by Crippen LogP contribution is -2.26. The fourth-order valence-corrected chi connectivity index (χ4v) is 2.86. The summed E-state index contributed by atoms with van der Waals surface area (Å²) in [6.07, 6.45) is 0.727. The summed E-state index contributed by atoms with van der Waals surface area (Å²) in [5, 5.41) is 4.22. The van der Waals surface area contributed by atoms with E-state index in [0.717, 1.165) is 22.2 Å². The van der Waals surface area contributed by atoms with E-state index >= 15 is 0 Å². The summed E-state index contributed by atoms with van der Waals surface area (Å²) < 4.78 is 6.44. The normalized spacial score (nSPS) is 12.0. The van der Waals surface area contributed by atoms with Gasteiger partial charge in [-0.3, -0.25) is 4.79 Å². The third-order valence-corrected chi connectivity index (χ3v) is 4.53. The molecule has 1 amide bonds. The van der Waals surface area contributed by atoms with E-state index in [2.05, 4.69) is 47.2 Å². The first-order valence-corrected chi connectivity index (χ1v) is 9.44. The van der Waals surface area contributed by atoms with Gasteiger partial charge in [0.2, 0.25) is 0 Å². The fourth-order valence-electron chi connectivity index (χ4n) is 2.37. The number of hydrogen-bond acceptors (Lipinski definition) is 3. The van der Waals surface area contributed by atoms with Crippen LogP contribution in [0.5, 0.6) is 5.75 Å². The highest BCUT2D eigenvalue weighted by molar-refractivity contribution is 9.10. The molecule has 138 valence electrons. The van der Waals surface area contributed by atoms with E-state index in [0.29, 0.717) is 5.75 Å². The van der Waals surface area contributed by atoms with Gasteiger partial charge in [-0.1, -0.05) is 64.1 Å². The largest absolute Gasteiger partial charge is 0.483 e. The molecule has 2 aromatic carbocycles. The molecule has 0 saturated carbocycles. The molecule has 0 bridgehead atoms. The summed E-state index contributed by atoms with van der Waals surface area (Å²) >= 11 is 3.51. The van der Waals surface area contributed by atoms with E-state index in [4.69, 9.17) is 4.74 Å². The van der Waals surface area contributed by atoms with Gasteiger partial charge in [0, 0.05) is 0 Å². The third-order valence-electron chi connectivity index (χ3n) is 3.91. The van der Waals surface area contributed by atoms with Gasteiger partial charge >= 0.3 is 0 Å². The topological polar surface area (TPSA) is 50.7 Å². The molecule has 1 N–H and O–H groups in total. The van der Waals surface area contributed by atoms with Crippen LogP contribution >= 0.6 is 15.9 Å². The molecule has 0 atom stereocenters. The standard InChI is InChI=1S/C21H25BrN2O2/c1-5-18(15-9-7-6-8-10-15)23-24-20(25)14-26-19-12-11-16(13-17(19)22)21(2,3)4/h6-13H,5,14H2,1-4H3,(H,24,25)/b23-18-. The third kappa shape index (κ3) is 5.70. The van der Waals surface area contributed by atoms with Gasteiger partial charge in [0.25, 0.3) is 5.91 Å². The molecule has 0 aliphatic heterocycles. The van der Waals surface area contributed by atoms with Crippen molar-refractivity contribution in [3.63, 3.8) is 0 Å². The zero-order valence-corrected chi connectivity index (χ0v) is 17.3. The first-order chi connectivity index (χ1) is 12.3. The van der Waals surface area contributed by atoms with E-state index in [-0.39, 0.29) is 17.9 Å². The second kappa shape index (κ2) is 8.99. The van der Waals surface area contributed by atoms with Gasteiger partial charge < -0.3 is 4.74 Å². The first-order valence-electron chi connectivity index (χ1n) is 8.65. The molecule has 26 heavy (non-hydrogen) atoms. The number of ether oxygens (including phenoxy) is 1. The summed E-state index contributed by atoms with van der Waals surface area (Å²) in [6, 6.07) is 15.7. The highest BCUT2D eigenvalue weighted by Gasteiger charge is 2.15. The van der Waals surface area contributed by atoms with Crippen molar-refractivity contribution in [1.29, 1.82) is 0 Å². The van der Waals surface area contributed by atoms with Crippen LogP contribution in [0.3, 0.4) is 0 Å². The molecule has 0 spiro atoms. The Balaban J connectivity index is 1.95. The lowest BCUT2D eigenvalue weighted by atomic mass is 9.87. The Hall–Kier alpha value is -2.14. The summed E-state index contributed by atoms with van der Waals surface area (Å²) in [5.41, 5.74) is 5.64.